The van der Waals surface area contributed by atoms with Gasteiger partial charge in [0, 0.05) is 23.1 Å². The Balaban J connectivity index is 1.09. The summed E-state index contributed by atoms with van der Waals surface area (Å²) in [7, 11) is 0. The van der Waals surface area contributed by atoms with Crippen LogP contribution in [-0.4, -0.2) is 62.3 Å². The van der Waals surface area contributed by atoms with Gasteiger partial charge in [0.1, 0.15) is 28.3 Å². The van der Waals surface area contributed by atoms with Crippen molar-refractivity contribution in [1.82, 2.24) is 15.2 Å². The molecule has 13 heteroatoms. The van der Waals surface area contributed by atoms with Gasteiger partial charge in [-0.3, -0.25) is 14.5 Å². The minimum atomic E-state index is -1.05. The topological polar surface area (TPSA) is 127 Å². The summed E-state index contributed by atoms with van der Waals surface area (Å²) in [5, 5.41) is 8.08. The Hall–Kier alpha value is -6.47. The molecule has 10 nitrogen and oxygen atoms in total. The van der Waals surface area contributed by atoms with Crippen LogP contribution in [0.1, 0.15) is 60.4 Å². The monoisotopic (exact) mass is 908 g/mol. The summed E-state index contributed by atoms with van der Waals surface area (Å²) in [6.45, 7) is 5.19. The van der Waals surface area contributed by atoms with E-state index in [4.69, 9.17) is 26.1 Å². The van der Waals surface area contributed by atoms with Gasteiger partial charge in [-0.1, -0.05) is 152 Å². The lowest BCUT2D eigenvalue weighted by atomic mass is 9.77. The number of benzene rings is 5. The molecule has 0 spiro atoms. The molecule has 2 aliphatic rings. The normalized spacial score (nSPS) is 16.4. The number of carbonyl (C=O) groups excluding carboxylic acids is 4. The minimum absolute atomic E-state index is 0.00459. The van der Waals surface area contributed by atoms with E-state index in [0.717, 1.165) is 33.9 Å². The molecular formula is C51H45ClN4O6S2. The Labute approximate surface area is 385 Å². The van der Waals surface area contributed by atoms with Crippen molar-refractivity contribution >= 4 is 69.2 Å². The predicted octanol–water partition coefficient (Wildman–Crippen LogP) is 9.50. The summed E-state index contributed by atoms with van der Waals surface area (Å²) in [5.74, 6) is -2.38. The zero-order chi connectivity index (χ0) is 44.8. The van der Waals surface area contributed by atoms with E-state index >= 15 is 0 Å². The number of hydrogen-bond donors (Lipinski definition) is 2. The van der Waals surface area contributed by atoms with Crippen molar-refractivity contribution < 1.29 is 28.7 Å². The molecule has 0 bridgehead atoms. The number of nitrogens with zero attached hydrogens (tertiary/aromatic N) is 2. The maximum absolute atomic E-state index is 14.5. The van der Waals surface area contributed by atoms with Gasteiger partial charge in [0.2, 0.25) is 0 Å². The third kappa shape index (κ3) is 9.26. The molecule has 2 atom stereocenters. The van der Waals surface area contributed by atoms with E-state index in [1.165, 1.54) is 28.0 Å². The average Bonchev–Trinajstić information content (AvgIpc) is 3.79. The number of rotatable bonds is 14. The van der Waals surface area contributed by atoms with E-state index in [-0.39, 0.29) is 22.8 Å². The number of aromatic nitrogens is 1. The number of thioether (sulfide) groups is 1. The molecule has 1 saturated heterocycles. The van der Waals surface area contributed by atoms with Crippen LogP contribution in [0.4, 0.5) is 5.13 Å². The fraction of sp³-hybridized carbons (Fsp3) is 0.196. The van der Waals surface area contributed by atoms with E-state index in [1.807, 2.05) is 152 Å². The van der Waals surface area contributed by atoms with Crippen LogP contribution in [0.25, 0.3) is 5.57 Å². The van der Waals surface area contributed by atoms with Crippen molar-refractivity contribution in [1.29, 1.82) is 0 Å². The van der Waals surface area contributed by atoms with Crippen LogP contribution in [0, 0.1) is 0 Å². The maximum atomic E-state index is 14.5. The highest BCUT2D eigenvalue weighted by molar-refractivity contribution is 8.00. The average molecular weight is 910 g/mol. The Morgan fingerprint density at radius 3 is 1.78 bits per heavy atom. The lowest BCUT2D eigenvalue weighted by Gasteiger charge is -2.49. The number of hydrogen-bond acceptors (Lipinski definition) is 10. The molecule has 6 aromatic rings. The molecule has 0 saturated carbocycles. The first-order valence-electron chi connectivity index (χ1n) is 20.7. The van der Waals surface area contributed by atoms with Gasteiger partial charge in [0.25, 0.3) is 11.8 Å². The Bertz CT molecular complexity index is 2550. The summed E-state index contributed by atoms with van der Waals surface area (Å²) >= 11 is 9.03. The molecule has 3 heterocycles. The maximum Gasteiger partial charge on any atom is 0.356 e. The molecule has 2 N–H and O–H groups in total. The highest BCUT2D eigenvalue weighted by Crippen LogP contribution is 2.43. The van der Waals surface area contributed by atoms with Gasteiger partial charge in [-0.25, -0.2) is 14.6 Å². The Kier molecular flexibility index (Phi) is 13.2. The zero-order valence-electron chi connectivity index (χ0n) is 35.3. The second-order valence-electron chi connectivity index (χ2n) is 16.2. The summed E-state index contributed by atoms with van der Waals surface area (Å²) < 4.78 is 11.8. The fourth-order valence-corrected chi connectivity index (χ4v) is 10.3. The second-order valence-corrected chi connectivity index (χ2v) is 18.4. The predicted molar refractivity (Wildman–Crippen MR) is 252 cm³/mol. The van der Waals surface area contributed by atoms with Crippen LogP contribution in [0.5, 0.6) is 0 Å². The summed E-state index contributed by atoms with van der Waals surface area (Å²) in [5.41, 5.74) is 3.30. The summed E-state index contributed by atoms with van der Waals surface area (Å²) in [6, 6.07) is 47.7. The number of ether oxygens (including phenoxy) is 2. The smallest absolute Gasteiger partial charge is 0.356 e. The summed E-state index contributed by atoms with van der Waals surface area (Å²) in [4.78, 5) is 62.5. The number of amides is 2. The molecule has 0 aliphatic carbocycles. The Morgan fingerprint density at radius 1 is 0.797 bits per heavy atom. The van der Waals surface area contributed by atoms with Gasteiger partial charge in [0.15, 0.2) is 11.2 Å². The van der Waals surface area contributed by atoms with Gasteiger partial charge in [-0.05, 0) is 54.2 Å². The van der Waals surface area contributed by atoms with Crippen molar-refractivity contribution in [2.24, 2.45) is 0 Å². The van der Waals surface area contributed by atoms with Crippen LogP contribution >= 0.6 is 34.7 Å². The first-order chi connectivity index (χ1) is 31.0. The lowest BCUT2D eigenvalue weighted by molar-refractivity contribution is -0.154. The second kappa shape index (κ2) is 19.1. The van der Waals surface area contributed by atoms with E-state index in [2.05, 4.69) is 10.6 Å². The van der Waals surface area contributed by atoms with Crippen LogP contribution in [0.2, 0.25) is 0 Å². The minimum Gasteiger partial charge on any atom is -0.457 e. The SMILES string of the molecule is CC(C)(C)OC(=O)C=C(C(=O)NC1C(=O)N2C(C(=O)OC(c3ccccc3)c3ccccc3)=C(CCl)CS[C@@H]12)c1csc(NC(c2ccccc2)(c2ccccc2)c2ccccc2)n1. The number of esters is 2. The van der Waals surface area contributed by atoms with Gasteiger partial charge in [-0.15, -0.1) is 34.7 Å². The molecule has 1 aromatic heterocycles. The number of β-lactam (4-membered cyclic amide) rings is 1. The van der Waals surface area contributed by atoms with Crippen molar-refractivity contribution in [2.75, 3.05) is 16.9 Å². The first kappa shape index (κ1) is 44.1. The van der Waals surface area contributed by atoms with E-state index < -0.39 is 52.4 Å². The fourth-order valence-electron chi connectivity index (χ4n) is 7.84. The molecule has 5 aromatic carbocycles. The number of fused-ring (bicyclic) bond motifs is 1. The number of carbonyl (C=O) groups is 4. The van der Waals surface area contributed by atoms with Crippen LogP contribution < -0.4 is 10.6 Å². The Morgan fingerprint density at radius 2 is 1.30 bits per heavy atom. The molecule has 8 rings (SSSR count). The van der Waals surface area contributed by atoms with Crippen LogP contribution in [0.3, 0.4) is 0 Å². The van der Waals surface area contributed by atoms with Crippen molar-refractivity contribution in [3.05, 3.63) is 208 Å². The largest absolute Gasteiger partial charge is 0.457 e. The van der Waals surface area contributed by atoms with Gasteiger partial charge in [-0.2, -0.15) is 0 Å². The molecule has 1 fully saturated rings. The van der Waals surface area contributed by atoms with Gasteiger partial charge in [0.05, 0.1) is 11.3 Å². The number of halogens is 1. The molecule has 1 unspecified atom stereocenters. The van der Waals surface area contributed by atoms with Crippen LogP contribution in [0.15, 0.2) is 174 Å². The highest BCUT2D eigenvalue weighted by Gasteiger charge is 2.55. The number of anilines is 1. The highest BCUT2D eigenvalue weighted by atomic mass is 35.5. The number of nitrogens with one attached hydrogen (secondary N) is 2. The lowest BCUT2D eigenvalue weighted by Crippen LogP contribution is -2.70. The first-order valence-corrected chi connectivity index (χ1v) is 23.1. The molecule has 64 heavy (non-hydrogen) atoms. The van der Waals surface area contributed by atoms with E-state index in [1.54, 1.807) is 26.2 Å². The molecular weight excluding hydrogens is 864 g/mol. The van der Waals surface area contributed by atoms with E-state index in [0.29, 0.717) is 16.5 Å². The van der Waals surface area contributed by atoms with Crippen molar-refractivity contribution in [3.63, 3.8) is 0 Å². The molecule has 2 aliphatic heterocycles. The van der Waals surface area contributed by atoms with Gasteiger partial charge < -0.3 is 20.1 Å². The quantitative estimate of drug-likeness (QED) is 0.0362. The number of thiazole rings is 1. The number of alkyl halides is 1. The third-order valence-electron chi connectivity index (χ3n) is 10.7. The molecule has 0 radical (unpaired) electrons. The molecule has 324 valence electrons. The van der Waals surface area contributed by atoms with Gasteiger partial charge >= 0.3 is 11.9 Å². The van der Waals surface area contributed by atoms with Crippen molar-refractivity contribution in [3.8, 4) is 0 Å². The van der Waals surface area contributed by atoms with E-state index in [9.17, 15) is 19.2 Å². The van der Waals surface area contributed by atoms with Crippen molar-refractivity contribution in [2.45, 2.75) is 49.4 Å². The van der Waals surface area contributed by atoms with Crippen LogP contribution in [-0.2, 0) is 34.2 Å². The molecule has 2 amide bonds. The zero-order valence-corrected chi connectivity index (χ0v) is 37.7. The third-order valence-corrected chi connectivity index (χ3v) is 13.1. The summed E-state index contributed by atoms with van der Waals surface area (Å²) in [6.07, 6.45) is 0.351. The standard InChI is InChI=1S/C51H45ClN4O6S2/c1-50(2,3)62-41(57)29-39(40-32-64-49(53-40)55-51(36-23-13-6-14-24-36,37-25-15-7-16-26-37)38-27-17-8-18-28-38)45(58)54-42-46(59)56-43(35(30-52)31-63-47(42)56)48(60)61-44(33-19-9-4-10-20-33)34-21-11-5-12-22-34/h4-29,32,42,44,47H,30-31H2,1-3H3,(H,53,55)(H,54,58)/t42?,47-/m0/s1.